The zero-order valence-electron chi connectivity index (χ0n) is 9.26. The molecule has 3 heteroatoms. The fraction of sp³-hybridized carbons (Fsp3) is 0.0714. The summed E-state index contributed by atoms with van der Waals surface area (Å²) in [4.78, 5) is 4.13. The number of rotatable bonds is 2. The lowest BCUT2D eigenvalue weighted by molar-refractivity contribution is 0.571. The highest BCUT2D eigenvalue weighted by Crippen LogP contribution is 2.30. The monoisotopic (exact) mass is 224 g/mol. The average Bonchev–Trinajstić information content (AvgIpc) is 2.86. The lowest BCUT2D eigenvalue weighted by atomic mass is 10.0. The van der Waals surface area contributed by atoms with Gasteiger partial charge in [-0.1, -0.05) is 42.5 Å². The van der Waals surface area contributed by atoms with Crippen LogP contribution in [0.4, 0.5) is 0 Å². The Labute approximate surface area is 98.9 Å². The van der Waals surface area contributed by atoms with Gasteiger partial charge in [0.05, 0.1) is 0 Å². The van der Waals surface area contributed by atoms with E-state index in [1.807, 2.05) is 24.3 Å². The van der Waals surface area contributed by atoms with Crippen LogP contribution in [0.5, 0.6) is 0 Å². The van der Waals surface area contributed by atoms with Crippen LogP contribution < -0.4 is 5.73 Å². The highest BCUT2D eigenvalue weighted by Gasteiger charge is 2.11. The van der Waals surface area contributed by atoms with Gasteiger partial charge in [-0.05, 0) is 10.8 Å². The molecule has 0 bridgehead atoms. The molecule has 0 saturated carbocycles. The summed E-state index contributed by atoms with van der Waals surface area (Å²) < 4.78 is 5.46. The van der Waals surface area contributed by atoms with Crippen LogP contribution in [-0.2, 0) is 6.54 Å². The second-order valence-corrected chi connectivity index (χ2v) is 3.86. The zero-order chi connectivity index (χ0) is 11.7. The van der Waals surface area contributed by atoms with E-state index >= 15 is 0 Å². The van der Waals surface area contributed by atoms with Crippen LogP contribution in [0, 0.1) is 0 Å². The molecule has 84 valence electrons. The fourth-order valence-corrected chi connectivity index (χ4v) is 2.06. The van der Waals surface area contributed by atoms with E-state index in [4.69, 9.17) is 10.2 Å². The topological polar surface area (TPSA) is 52.0 Å². The largest absolute Gasteiger partial charge is 0.443 e. The van der Waals surface area contributed by atoms with Gasteiger partial charge >= 0.3 is 0 Å². The summed E-state index contributed by atoms with van der Waals surface area (Å²) in [5.74, 6) is 0.768. The molecule has 0 radical (unpaired) electrons. The van der Waals surface area contributed by atoms with E-state index in [0.717, 1.165) is 22.4 Å². The van der Waals surface area contributed by atoms with Crippen molar-refractivity contribution in [3.63, 3.8) is 0 Å². The first kappa shape index (κ1) is 10.1. The lowest BCUT2D eigenvalue weighted by Gasteiger charge is -2.04. The zero-order valence-corrected chi connectivity index (χ0v) is 9.26. The molecule has 3 rings (SSSR count). The Morgan fingerprint density at radius 2 is 1.88 bits per heavy atom. The molecular formula is C14H12N2O. The number of hydrogen-bond donors (Lipinski definition) is 1. The van der Waals surface area contributed by atoms with Gasteiger partial charge in [0.25, 0.3) is 0 Å². The molecule has 0 saturated heterocycles. The molecule has 3 nitrogen and oxygen atoms in total. The Hall–Kier alpha value is -2.13. The van der Waals surface area contributed by atoms with Crippen LogP contribution >= 0.6 is 0 Å². The molecule has 0 atom stereocenters. The van der Waals surface area contributed by atoms with Crippen LogP contribution in [0.25, 0.3) is 22.1 Å². The molecule has 0 amide bonds. The molecule has 0 aliphatic rings. The Bertz CT molecular complexity index is 653. The van der Waals surface area contributed by atoms with Crippen molar-refractivity contribution in [2.45, 2.75) is 6.54 Å². The number of fused-ring (bicyclic) bond motifs is 1. The molecule has 2 N–H and O–H groups in total. The number of nitrogens with zero attached hydrogens (tertiary/aromatic N) is 1. The van der Waals surface area contributed by atoms with Crippen molar-refractivity contribution in [1.29, 1.82) is 0 Å². The first-order valence-corrected chi connectivity index (χ1v) is 5.50. The Balaban J connectivity index is 2.31. The Kier molecular flexibility index (Phi) is 2.38. The summed E-state index contributed by atoms with van der Waals surface area (Å²) >= 11 is 0. The van der Waals surface area contributed by atoms with E-state index in [1.54, 1.807) is 0 Å². The summed E-state index contributed by atoms with van der Waals surface area (Å²) in [5, 5.41) is 2.34. The van der Waals surface area contributed by atoms with Crippen LogP contribution in [-0.4, -0.2) is 4.98 Å². The van der Waals surface area contributed by atoms with Crippen LogP contribution in [0.1, 0.15) is 5.69 Å². The maximum absolute atomic E-state index is 5.65. The van der Waals surface area contributed by atoms with Crippen molar-refractivity contribution >= 4 is 10.8 Å². The Morgan fingerprint density at radius 1 is 1.06 bits per heavy atom. The fourth-order valence-electron chi connectivity index (χ4n) is 2.06. The van der Waals surface area contributed by atoms with Gasteiger partial charge in [0.2, 0.25) is 0 Å². The third kappa shape index (κ3) is 1.61. The van der Waals surface area contributed by atoms with Gasteiger partial charge < -0.3 is 10.2 Å². The number of hydrogen-bond acceptors (Lipinski definition) is 3. The molecule has 0 spiro atoms. The number of aromatic nitrogens is 1. The second-order valence-electron chi connectivity index (χ2n) is 3.86. The maximum atomic E-state index is 5.65. The Morgan fingerprint density at radius 3 is 2.76 bits per heavy atom. The van der Waals surface area contributed by atoms with Crippen LogP contribution in [0.3, 0.4) is 0 Å². The lowest BCUT2D eigenvalue weighted by Crippen LogP contribution is -1.98. The van der Waals surface area contributed by atoms with Gasteiger partial charge in [0.1, 0.15) is 5.69 Å². The van der Waals surface area contributed by atoms with Crippen LogP contribution in [0.2, 0.25) is 0 Å². The molecule has 17 heavy (non-hydrogen) atoms. The van der Waals surface area contributed by atoms with Crippen molar-refractivity contribution in [2.24, 2.45) is 5.73 Å². The molecule has 0 aliphatic heterocycles. The summed E-state index contributed by atoms with van der Waals surface area (Å²) in [6, 6.07) is 14.3. The van der Waals surface area contributed by atoms with Crippen molar-refractivity contribution in [2.75, 3.05) is 0 Å². The molecule has 2 aromatic carbocycles. The number of benzene rings is 2. The second kappa shape index (κ2) is 4.03. The van der Waals surface area contributed by atoms with Gasteiger partial charge in [-0.15, -0.1) is 0 Å². The first-order valence-electron chi connectivity index (χ1n) is 5.50. The van der Waals surface area contributed by atoms with E-state index in [9.17, 15) is 0 Å². The molecular weight excluding hydrogens is 212 g/mol. The minimum absolute atomic E-state index is 0.384. The van der Waals surface area contributed by atoms with Gasteiger partial charge in [-0.25, -0.2) is 4.98 Å². The molecule has 3 aromatic rings. The number of oxazole rings is 1. The summed E-state index contributed by atoms with van der Waals surface area (Å²) in [7, 11) is 0. The SMILES string of the molecule is NCc1ncoc1-c1cccc2ccccc12. The van der Waals surface area contributed by atoms with E-state index in [-0.39, 0.29) is 0 Å². The third-order valence-corrected chi connectivity index (χ3v) is 2.87. The normalized spacial score (nSPS) is 10.9. The quantitative estimate of drug-likeness (QED) is 0.728. The number of nitrogens with two attached hydrogens (primary N) is 1. The molecule has 0 aliphatic carbocycles. The summed E-state index contributed by atoms with van der Waals surface area (Å²) in [5.41, 5.74) is 7.49. The van der Waals surface area contributed by atoms with E-state index in [1.165, 1.54) is 11.8 Å². The average molecular weight is 224 g/mol. The van der Waals surface area contributed by atoms with Crippen molar-refractivity contribution in [1.82, 2.24) is 4.98 Å². The highest BCUT2D eigenvalue weighted by molar-refractivity contribution is 5.95. The summed E-state index contributed by atoms with van der Waals surface area (Å²) in [6.07, 6.45) is 1.44. The molecule has 1 heterocycles. The van der Waals surface area contributed by atoms with Crippen molar-refractivity contribution < 1.29 is 4.42 Å². The predicted octanol–water partition coefficient (Wildman–Crippen LogP) is 2.95. The van der Waals surface area contributed by atoms with Gasteiger partial charge in [-0.3, -0.25) is 0 Å². The molecule has 0 fully saturated rings. The minimum Gasteiger partial charge on any atom is -0.443 e. The minimum atomic E-state index is 0.384. The van der Waals surface area contributed by atoms with E-state index in [0.29, 0.717) is 6.54 Å². The standard InChI is InChI=1S/C14H12N2O/c15-8-13-14(17-9-16-13)12-7-3-5-10-4-1-2-6-11(10)12/h1-7,9H,8,15H2. The highest BCUT2D eigenvalue weighted by atomic mass is 16.3. The van der Waals surface area contributed by atoms with E-state index < -0.39 is 0 Å². The van der Waals surface area contributed by atoms with Gasteiger partial charge in [-0.2, -0.15) is 0 Å². The third-order valence-electron chi connectivity index (χ3n) is 2.87. The first-order chi connectivity index (χ1) is 8.40. The van der Waals surface area contributed by atoms with E-state index in [2.05, 4.69) is 23.2 Å². The van der Waals surface area contributed by atoms with Gasteiger partial charge in [0, 0.05) is 12.1 Å². The van der Waals surface area contributed by atoms with Crippen LogP contribution in [0.15, 0.2) is 53.3 Å². The maximum Gasteiger partial charge on any atom is 0.181 e. The molecule has 0 unspecified atom stereocenters. The summed E-state index contributed by atoms with van der Waals surface area (Å²) in [6.45, 7) is 0.384. The van der Waals surface area contributed by atoms with Gasteiger partial charge in [0.15, 0.2) is 12.2 Å². The van der Waals surface area contributed by atoms with Crippen molar-refractivity contribution in [3.05, 3.63) is 54.6 Å². The molecule has 1 aromatic heterocycles. The smallest absolute Gasteiger partial charge is 0.181 e. The predicted molar refractivity (Wildman–Crippen MR) is 67.3 cm³/mol. The van der Waals surface area contributed by atoms with Crippen molar-refractivity contribution in [3.8, 4) is 11.3 Å².